The maximum Gasteiger partial charge on any atom is 0.219 e. The fraction of sp³-hybridized carbons (Fsp3) is 0. The Hall–Kier alpha value is -0.550. The summed E-state index contributed by atoms with van der Waals surface area (Å²) in [7, 11) is 0. The van der Waals surface area contributed by atoms with Gasteiger partial charge in [0.15, 0.2) is 5.75 Å². The highest BCUT2D eigenvalue weighted by atomic mass is 32.2. The molecule has 0 saturated heterocycles. The van der Waals surface area contributed by atoms with Crippen molar-refractivity contribution in [3.8, 4) is 16.6 Å². The Morgan fingerprint density at radius 3 is 1.78 bits per heavy atom. The van der Waals surface area contributed by atoms with Crippen molar-refractivity contribution >= 4 is 24.0 Å². The van der Waals surface area contributed by atoms with E-state index in [4.69, 9.17) is 15.3 Å². The van der Waals surface area contributed by atoms with Crippen LogP contribution in [0.4, 0.5) is 0 Å². The minimum absolute atomic E-state index is 0.213. The van der Waals surface area contributed by atoms with Gasteiger partial charge in [0.25, 0.3) is 0 Å². The largest absolute Gasteiger partial charge is 0.503 e. The van der Waals surface area contributed by atoms with Gasteiger partial charge in [0.2, 0.25) is 10.8 Å². The summed E-state index contributed by atoms with van der Waals surface area (Å²) in [5.41, 5.74) is 0. The fourth-order valence-corrected chi connectivity index (χ4v) is 1.33. The lowest BCUT2D eigenvalue weighted by atomic mass is 10.5. The van der Waals surface area contributed by atoms with Gasteiger partial charge in [-0.15, -0.1) is 12.6 Å². The molecule has 50 valence electrons. The SMILES string of the molecule is Oc1sc(S)c(O)c1O. The predicted octanol–water partition coefficient (Wildman–Crippen LogP) is 1.15. The summed E-state index contributed by atoms with van der Waals surface area (Å²) in [4.78, 5) is 0. The quantitative estimate of drug-likeness (QED) is 0.435. The Balaban J connectivity index is 3.29. The van der Waals surface area contributed by atoms with Crippen LogP contribution in [-0.2, 0) is 0 Å². The molecule has 0 radical (unpaired) electrons. The van der Waals surface area contributed by atoms with Gasteiger partial charge in [0, 0.05) is 0 Å². The highest BCUT2D eigenvalue weighted by Crippen LogP contribution is 2.46. The summed E-state index contributed by atoms with van der Waals surface area (Å²) in [5, 5.41) is 25.8. The fourth-order valence-electron chi connectivity index (χ4n) is 0.391. The van der Waals surface area contributed by atoms with Gasteiger partial charge in [-0.1, -0.05) is 11.3 Å². The summed E-state index contributed by atoms with van der Waals surface area (Å²) >= 11 is 4.55. The molecule has 0 aliphatic carbocycles. The van der Waals surface area contributed by atoms with Crippen LogP contribution in [0, 0.1) is 0 Å². The molecule has 9 heavy (non-hydrogen) atoms. The van der Waals surface area contributed by atoms with Crippen molar-refractivity contribution in [2.24, 2.45) is 0 Å². The van der Waals surface area contributed by atoms with Gasteiger partial charge in [-0.2, -0.15) is 0 Å². The molecule has 0 saturated carbocycles. The van der Waals surface area contributed by atoms with E-state index in [1.807, 2.05) is 0 Å². The second-order valence-electron chi connectivity index (χ2n) is 1.41. The Kier molecular flexibility index (Phi) is 1.46. The number of thiophene rings is 1. The van der Waals surface area contributed by atoms with Gasteiger partial charge < -0.3 is 15.3 Å². The molecule has 1 aromatic rings. The average molecular weight is 164 g/mol. The van der Waals surface area contributed by atoms with Crippen molar-refractivity contribution in [1.29, 1.82) is 0 Å². The highest BCUT2D eigenvalue weighted by molar-refractivity contribution is 7.83. The number of aromatic hydroxyl groups is 3. The van der Waals surface area contributed by atoms with Gasteiger partial charge in [0.05, 0.1) is 0 Å². The van der Waals surface area contributed by atoms with Crippen molar-refractivity contribution in [3.05, 3.63) is 0 Å². The standard InChI is InChI=1S/C4H4O3S2/c5-1-2(6)4(8)9-3(1)7/h5-8H. The number of hydrogen-bond acceptors (Lipinski definition) is 5. The summed E-state index contributed by atoms with van der Waals surface area (Å²) in [6.07, 6.45) is 0. The highest BCUT2D eigenvalue weighted by Gasteiger charge is 2.12. The lowest BCUT2D eigenvalue weighted by Crippen LogP contribution is -1.56. The average Bonchev–Trinajstić information content (AvgIpc) is 1.98. The molecule has 0 amide bonds. The van der Waals surface area contributed by atoms with E-state index < -0.39 is 5.75 Å². The maximum atomic E-state index is 8.75. The second kappa shape index (κ2) is 2.00. The van der Waals surface area contributed by atoms with E-state index in [2.05, 4.69) is 12.6 Å². The van der Waals surface area contributed by atoms with Gasteiger partial charge in [-0.3, -0.25) is 0 Å². The van der Waals surface area contributed by atoms with Gasteiger partial charge in [0.1, 0.15) is 4.21 Å². The van der Waals surface area contributed by atoms with Crippen molar-refractivity contribution in [2.75, 3.05) is 0 Å². The summed E-state index contributed by atoms with van der Waals surface area (Å²) in [6.45, 7) is 0. The van der Waals surface area contributed by atoms with E-state index in [0.717, 1.165) is 11.3 Å². The van der Waals surface area contributed by atoms with Gasteiger partial charge in [-0.05, 0) is 0 Å². The molecule has 3 nitrogen and oxygen atoms in total. The maximum absolute atomic E-state index is 8.75. The van der Waals surface area contributed by atoms with Crippen LogP contribution in [0.2, 0.25) is 0 Å². The van der Waals surface area contributed by atoms with Crippen LogP contribution in [-0.4, -0.2) is 15.3 Å². The van der Waals surface area contributed by atoms with Crippen LogP contribution in [0.25, 0.3) is 0 Å². The monoisotopic (exact) mass is 164 g/mol. The van der Waals surface area contributed by atoms with Gasteiger partial charge >= 0.3 is 0 Å². The molecule has 3 N–H and O–H groups in total. The smallest absolute Gasteiger partial charge is 0.219 e. The van der Waals surface area contributed by atoms with E-state index in [-0.39, 0.29) is 15.0 Å². The topological polar surface area (TPSA) is 60.7 Å². The third kappa shape index (κ3) is 0.927. The van der Waals surface area contributed by atoms with Crippen LogP contribution in [0.3, 0.4) is 0 Å². The van der Waals surface area contributed by atoms with E-state index >= 15 is 0 Å². The van der Waals surface area contributed by atoms with Crippen LogP contribution in [0.15, 0.2) is 4.21 Å². The first kappa shape index (κ1) is 6.57. The third-order valence-electron chi connectivity index (χ3n) is 0.823. The number of thiol groups is 1. The molecular formula is C4H4O3S2. The molecule has 0 aliphatic heterocycles. The summed E-state index contributed by atoms with van der Waals surface area (Å²) < 4.78 is 0.213. The summed E-state index contributed by atoms with van der Waals surface area (Å²) in [6, 6.07) is 0. The molecule has 0 unspecified atom stereocenters. The molecule has 5 heteroatoms. The van der Waals surface area contributed by atoms with Crippen LogP contribution in [0.1, 0.15) is 0 Å². The Morgan fingerprint density at radius 2 is 1.67 bits per heavy atom. The van der Waals surface area contributed by atoms with Crippen LogP contribution >= 0.6 is 24.0 Å². The Bertz CT molecular complexity index is 207. The minimum Gasteiger partial charge on any atom is -0.503 e. The molecular weight excluding hydrogens is 160 g/mol. The molecule has 0 bridgehead atoms. The first-order valence-corrected chi connectivity index (χ1v) is 3.32. The molecule has 0 aliphatic rings. The molecule has 1 rings (SSSR count). The zero-order chi connectivity index (χ0) is 7.02. The Labute approximate surface area is 60.6 Å². The lowest BCUT2D eigenvalue weighted by Gasteiger charge is -1.85. The normalized spacial score (nSPS) is 9.89. The van der Waals surface area contributed by atoms with Crippen LogP contribution in [0.5, 0.6) is 16.6 Å². The first-order chi connectivity index (χ1) is 4.13. The number of hydrogen-bond donors (Lipinski definition) is 4. The summed E-state index contributed by atoms with van der Waals surface area (Å²) in [5.74, 6) is -0.856. The molecule has 0 spiro atoms. The van der Waals surface area contributed by atoms with E-state index in [1.165, 1.54) is 0 Å². The third-order valence-corrected chi connectivity index (χ3v) is 2.08. The molecule has 0 fully saturated rings. The zero-order valence-corrected chi connectivity index (χ0v) is 5.91. The van der Waals surface area contributed by atoms with Gasteiger partial charge in [-0.25, -0.2) is 0 Å². The zero-order valence-electron chi connectivity index (χ0n) is 4.20. The lowest BCUT2D eigenvalue weighted by molar-refractivity contribution is 0.375. The van der Waals surface area contributed by atoms with E-state index in [1.54, 1.807) is 0 Å². The molecule has 1 heterocycles. The van der Waals surface area contributed by atoms with Crippen molar-refractivity contribution in [3.63, 3.8) is 0 Å². The minimum atomic E-state index is -0.495. The molecule has 1 aromatic heterocycles. The van der Waals surface area contributed by atoms with Crippen molar-refractivity contribution < 1.29 is 15.3 Å². The first-order valence-electron chi connectivity index (χ1n) is 2.05. The molecule has 0 aromatic carbocycles. The van der Waals surface area contributed by atoms with Crippen molar-refractivity contribution in [1.82, 2.24) is 0 Å². The van der Waals surface area contributed by atoms with E-state index in [9.17, 15) is 0 Å². The second-order valence-corrected chi connectivity index (χ2v) is 3.16. The predicted molar refractivity (Wildman–Crippen MR) is 36.6 cm³/mol. The van der Waals surface area contributed by atoms with Crippen LogP contribution < -0.4 is 0 Å². The number of rotatable bonds is 0. The molecule has 0 atom stereocenters. The van der Waals surface area contributed by atoms with Crippen molar-refractivity contribution in [2.45, 2.75) is 4.21 Å². The Morgan fingerprint density at radius 1 is 1.11 bits per heavy atom. The van der Waals surface area contributed by atoms with E-state index in [0.29, 0.717) is 0 Å².